The van der Waals surface area contributed by atoms with Crippen molar-refractivity contribution < 1.29 is 14.3 Å². The summed E-state index contributed by atoms with van der Waals surface area (Å²) in [6.07, 6.45) is 4.29. The average molecular weight is 586 g/mol. The van der Waals surface area contributed by atoms with Gasteiger partial charge >= 0.3 is 5.97 Å². The van der Waals surface area contributed by atoms with Crippen molar-refractivity contribution in [2.75, 3.05) is 11.9 Å². The molecule has 5 nitrogen and oxygen atoms in total. The second-order valence-corrected chi connectivity index (χ2v) is 10.4. The Bertz CT molecular complexity index is 1620. The molecule has 0 unspecified atom stereocenters. The zero-order chi connectivity index (χ0) is 26.8. The highest BCUT2D eigenvalue weighted by atomic mass is 35.5. The molecule has 0 fully saturated rings. The summed E-state index contributed by atoms with van der Waals surface area (Å²) in [7, 11) is 0. The molecule has 0 atom stereocenters. The van der Waals surface area contributed by atoms with Crippen LogP contribution in [0.25, 0.3) is 22.6 Å². The molecule has 0 saturated carbocycles. The second kappa shape index (κ2) is 11.3. The van der Waals surface area contributed by atoms with Gasteiger partial charge < -0.3 is 10.1 Å². The minimum absolute atomic E-state index is 0.285. The average Bonchev–Trinajstić information content (AvgIpc) is 2.90. The van der Waals surface area contributed by atoms with Crippen molar-refractivity contribution in [1.29, 1.82) is 0 Å². The number of fused-ring (bicyclic) bond motifs is 2. The Balaban J connectivity index is 1.46. The number of esters is 1. The van der Waals surface area contributed by atoms with Crippen molar-refractivity contribution >= 4 is 86.5 Å². The van der Waals surface area contributed by atoms with Gasteiger partial charge in [0.15, 0.2) is 6.61 Å². The van der Waals surface area contributed by atoms with Gasteiger partial charge in [-0.05, 0) is 78.4 Å². The molecule has 1 amide bonds. The molecule has 0 spiro atoms. The van der Waals surface area contributed by atoms with Gasteiger partial charge in [-0.15, -0.1) is 0 Å². The van der Waals surface area contributed by atoms with Crippen LogP contribution in [0.15, 0.2) is 60.7 Å². The van der Waals surface area contributed by atoms with E-state index in [-0.39, 0.29) is 5.02 Å². The van der Waals surface area contributed by atoms with Crippen molar-refractivity contribution in [2.24, 2.45) is 0 Å². The van der Waals surface area contributed by atoms with E-state index >= 15 is 0 Å². The Morgan fingerprint density at radius 3 is 2.53 bits per heavy atom. The lowest BCUT2D eigenvalue weighted by Crippen LogP contribution is -2.22. The number of aromatic nitrogens is 1. The van der Waals surface area contributed by atoms with Crippen molar-refractivity contribution in [2.45, 2.75) is 19.3 Å². The van der Waals surface area contributed by atoms with Crippen LogP contribution in [-0.2, 0) is 16.0 Å². The molecular weight excluding hydrogens is 566 g/mol. The maximum Gasteiger partial charge on any atom is 0.339 e. The summed E-state index contributed by atoms with van der Waals surface area (Å²) in [6.45, 7) is -0.477. The van der Waals surface area contributed by atoms with Gasteiger partial charge in [-0.3, -0.25) is 4.79 Å². The molecule has 192 valence electrons. The number of anilines is 1. The molecule has 0 aliphatic heterocycles. The Hall–Kier alpha value is -3.09. The number of ether oxygens (including phenoxy) is 1. The number of hydrogen-bond donors (Lipinski definition) is 1. The van der Waals surface area contributed by atoms with Gasteiger partial charge in [0, 0.05) is 10.4 Å². The number of rotatable bonds is 5. The van der Waals surface area contributed by atoms with E-state index < -0.39 is 18.5 Å². The molecule has 0 bridgehead atoms. The number of carbonyl (C=O) groups is 2. The zero-order valence-corrected chi connectivity index (χ0v) is 22.9. The van der Waals surface area contributed by atoms with Gasteiger partial charge in [0.2, 0.25) is 0 Å². The van der Waals surface area contributed by atoms with Gasteiger partial charge in [-0.25, -0.2) is 9.78 Å². The van der Waals surface area contributed by atoms with Gasteiger partial charge in [0.05, 0.1) is 37.5 Å². The normalized spacial score (nSPS) is 13.8. The predicted octanol–water partition coefficient (Wildman–Crippen LogP) is 8.52. The fraction of sp³-hybridized carbons (Fsp3) is 0.138. The number of benzene rings is 3. The number of halogens is 4. The summed E-state index contributed by atoms with van der Waals surface area (Å²) in [5, 5.41) is 4.99. The van der Waals surface area contributed by atoms with Crippen LogP contribution in [0.2, 0.25) is 20.1 Å². The van der Waals surface area contributed by atoms with Crippen LogP contribution < -0.4 is 5.32 Å². The fourth-order valence-electron chi connectivity index (χ4n) is 4.49. The van der Waals surface area contributed by atoms with E-state index in [4.69, 9.17) is 56.1 Å². The lowest BCUT2D eigenvalue weighted by Gasteiger charge is -2.22. The fourth-order valence-corrected chi connectivity index (χ4v) is 5.25. The van der Waals surface area contributed by atoms with Crippen LogP contribution in [-0.4, -0.2) is 23.5 Å². The number of hydrogen-bond acceptors (Lipinski definition) is 4. The Morgan fingerprint density at radius 2 is 1.74 bits per heavy atom. The van der Waals surface area contributed by atoms with E-state index in [9.17, 15) is 9.59 Å². The number of nitrogens with one attached hydrogen (secondary N) is 1. The van der Waals surface area contributed by atoms with Crippen LogP contribution >= 0.6 is 46.4 Å². The van der Waals surface area contributed by atoms with E-state index in [1.54, 1.807) is 24.3 Å². The first-order chi connectivity index (χ1) is 18.3. The number of carbonyl (C=O) groups excluding carboxylic acids is 2. The van der Waals surface area contributed by atoms with Crippen molar-refractivity contribution in [1.82, 2.24) is 4.98 Å². The second-order valence-electron chi connectivity index (χ2n) is 8.78. The molecule has 1 heterocycles. The van der Waals surface area contributed by atoms with E-state index in [0.29, 0.717) is 43.6 Å². The summed E-state index contributed by atoms with van der Waals surface area (Å²) >= 11 is 24.3. The topological polar surface area (TPSA) is 68.3 Å². The largest absolute Gasteiger partial charge is 0.452 e. The highest BCUT2D eigenvalue weighted by molar-refractivity contribution is 6.42. The molecule has 1 aromatic heterocycles. The minimum Gasteiger partial charge on any atom is -0.452 e. The van der Waals surface area contributed by atoms with E-state index in [2.05, 4.69) is 5.32 Å². The zero-order valence-electron chi connectivity index (χ0n) is 19.9. The lowest BCUT2D eigenvalue weighted by molar-refractivity contribution is -0.119. The molecule has 1 N–H and O–H groups in total. The summed E-state index contributed by atoms with van der Waals surface area (Å²) in [5.74, 6) is -1.11. The number of allylic oxidation sites excluding steroid dienone is 1. The van der Waals surface area contributed by atoms with Crippen LogP contribution in [0, 0.1) is 0 Å². The number of amides is 1. The molecule has 1 aliphatic carbocycles. The van der Waals surface area contributed by atoms with E-state index in [1.165, 1.54) is 6.07 Å². The quantitative estimate of drug-likeness (QED) is 0.238. The highest BCUT2D eigenvalue weighted by Crippen LogP contribution is 2.37. The van der Waals surface area contributed by atoms with Crippen molar-refractivity contribution in [3.63, 3.8) is 0 Å². The third-order valence-electron chi connectivity index (χ3n) is 6.20. The minimum atomic E-state index is -0.590. The van der Waals surface area contributed by atoms with Gasteiger partial charge in [0.1, 0.15) is 0 Å². The van der Waals surface area contributed by atoms with E-state index in [0.717, 1.165) is 35.2 Å². The number of pyridine rings is 1. The third-order valence-corrected chi connectivity index (χ3v) is 7.49. The van der Waals surface area contributed by atoms with Crippen LogP contribution in [0.4, 0.5) is 5.69 Å². The highest BCUT2D eigenvalue weighted by Gasteiger charge is 2.26. The molecule has 9 heteroatoms. The maximum absolute atomic E-state index is 13.4. The first-order valence-electron chi connectivity index (χ1n) is 11.8. The monoisotopic (exact) mass is 584 g/mol. The summed E-state index contributed by atoms with van der Waals surface area (Å²) in [6, 6.07) is 17.5. The Labute approximate surface area is 239 Å². The van der Waals surface area contributed by atoms with E-state index in [1.807, 2.05) is 36.4 Å². The first kappa shape index (κ1) is 26.5. The first-order valence-corrected chi connectivity index (χ1v) is 13.3. The van der Waals surface area contributed by atoms with Crippen molar-refractivity contribution in [3.8, 4) is 0 Å². The number of para-hydroxylation sites is 1. The van der Waals surface area contributed by atoms with Gasteiger partial charge in [-0.2, -0.15) is 0 Å². The molecule has 38 heavy (non-hydrogen) atoms. The standard InChI is InChI=1S/C29H20Cl4N2O3/c30-18-9-11-25(23(33)14-18)34-26(36)15-38-29(37)27-19-5-1-2-7-24(19)35-28-17(4-3-6-20(27)28)12-16-8-10-21(31)22(32)13-16/h1-2,5,7-14H,3-4,6,15H2,(H,34,36). The van der Waals surface area contributed by atoms with Gasteiger partial charge in [-0.1, -0.05) is 70.7 Å². The van der Waals surface area contributed by atoms with Crippen molar-refractivity contribution in [3.05, 3.63) is 103 Å². The molecular formula is C29H20Cl4N2O3. The van der Waals surface area contributed by atoms with Crippen LogP contribution in [0.5, 0.6) is 0 Å². The molecule has 5 rings (SSSR count). The van der Waals surface area contributed by atoms with Crippen LogP contribution in [0.1, 0.15) is 40.0 Å². The smallest absolute Gasteiger partial charge is 0.339 e. The van der Waals surface area contributed by atoms with Gasteiger partial charge in [0.25, 0.3) is 5.91 Å². The molecule has 3 aromatic carbocycles. The summed E-state index contributed by atoms with van der Waals surface area (Å²) in [5.41, 5.74) is 4.87. The third kappa shape index (κ3) is 5.67. The predicted molar refractivity (Wildman–Crippen MR) is 154 cm³/mol. The van der Waals surface area contributed by atoms with Crippen LogP contribution in [0.3, 0.4) is 0 Å². The number of nitrogens with zero attached hydrogens (tertiary/aromatic N) is 1. The Morgan fingerprint density at radius 1 is 0.921 bits per heavy atom. The summed E-state index contributed by atoms with van der Waals surface area (Å²) < 4.78 is 5.48. The molecule has 0 saturated heterocycles. The molecule has 4 aromatic rings. The summed E-state index contributed by atoms with van der Waals surface area (Å²) in [4.78, 5) is 30.8. The molecule has 1 aliphatic rings. The SMILES string of the molecule is O=C(COC(=O)c1c2c(nc3ccccc13)C(=Cc1ccc(Cl)c(Cl)c1)CCC2)Nc1ccc(Cl)cc1Cl. The lowest BCUT2D eigenvalue weighted by atomic mass is 9.86. The molecule has 0 radical (unpaired) electrons. The maximum atomic E-state index is 13.4. The Kier molecular flexibility index (Phi) is 7.91.